The first-order valence-electron chi connectivity index (χ1n) is 7.26. The van der Waals surface area contributed by atoms with Gasteiger partial charge in [-0.1, -0.05) is 12.2 Å². The summed E-state index contributed by atoms with van der Waals surface area (Å²) in [5.41, 5.74) is 1.26. The van der Waals surface area contributed by atoms with E-state index in [0.717, 1.165) is 11.2 Å². The molecule has 1 aromatic heterocycles. The lowest BCUT2D eigenvalue weighted by atomic mass is 10.0. The molecule has 3 rings (SSSR count). The van der Waals surface area contributed by atoms with E-state index in [-0.39, 0.29) is 36.4 Å². The fourth-order valence-electron chi connectivity index (χ4n) is 3.20. The molecule has 2 aliphatic carbocycles. The number of hydrogen-bond acceptors (Lipinski definition) is 5. The van der Waals surface area contributed by atoms with Crippen LogP contribution in [-0.2, 0) is 9.59 Å². The summed E-state index contributed by atoms with van der Waals surface area (Å²) in [6.07, 6.45) is 5.56. The van der Waals surface area contributed by atoms with E-state index in [1.165, 1.54) is 0 Å². The third-order valence-corrected chi connectivity index (χ3v) is 4.20. The van der Waals surface area contributed by atoms with Crippen LogP contribution in [0, 0.1) is 0 Å². The van der Waals surface area contributed by atoms with Gasteiger partial charge in [0.2, 0.25) is 11.8 Å². The topological polar surface area (TPSA) is 109 Å². The van der Waals surface area contributed by atoms with Gasteiger partial charge in [0.05, 0.1) is 0 Å². The molecule has 1 heterocycles. The van der Waals surface area contributed by atoms with Gasteiger partial charge in [-0.2, -0.15) is 0 Å². The SMILES string of the molecule is O=C(O)CCCCC(=O)On1c(O)c2c(c1O)C1C=CC2C1. The molecule has 0 aliphatic heterocycles. The van der Waals surface area contributed by atoms with Crippen molar-refractivity contribution in [1.29, 1.82) is 0 Å². The Kier molecular flexibility index (Phi) is 3.56. The number of fused-ring (bicyclic) bond motifs is 5. The van der Waals surface area contributed by atoms with Crippen LogP contribution in [0.1, 0.15) is 55.1 Å². The molecular weight excluding hydrogens is 290 g/mol. The third kappa shape index (κ3) is 2.32. The van der Waals surface area contributed by atoms with Gasteiger partial charge in [0, 0.05) is 35.8 Å². The molecule has 118 valence electrons. The molecule has 7 nitrogen and oxygen atoms in total. The van der Waals surface area contributed by atoms with Crippen LogP contribution >= 0.6 is 0 Å². The van der Waals surface area contributed by atoms with Crippen molar-refractivity contribution in [2.24, 2.45) is 0 Å². The van der Waals surface area contributed by atoms with Crippen molar-refractivity contribution in [3.63, 3.8) is 0 Å². The number of hydrogen-bond donors (Lipinski definition) is 3. The number of unbranched alkanes of at least 4 members (excludes halogenated alkanes) is 1. The number of aromatic hydroxyl groups is 2. The number of rotatable bonds is 6. The van der Waals surface area contributed by atoms with Gasteiger partial charge in [-0.15, -0.1) is 4.73 Å². The lowest BCUT2D eigenvalue weighted by Crippen LogP contribution is -2.19. The van der Waals surface area contributed by atoms with Crippen LogP contribution in [0.5, 0.6) is 11.8 Å². The number of carboxylic acids is 1. The quantitative estimate of drug-likeness (QED) is 0.544. The van der Waals surface area contributed by atoms with Crippen molar-refractivity contribution in [2.45, 2.75) is 43.9 Å². The van der Waals surface area contributed by atoms with Crippen molar-refractivity contribution in [3.8, 4) is 11.8 Å². The minimum absolute atomic E-state index is 0.00335. The smallest absolute Gasteiger partial charge is 0.333 e. The van der Waals surface area contributed by atoms with Crippen LogP contribution in [0.25, 0.3) is 0 Å². The molecule has 0 radical (unpaired) electrons. The number of carbonyl (C=O) groups excluding carboxylic acids is 1. The van der Waals surface area contributed by atoms with Crippen molar-refractivity contribution in [2.75, 3.05) is 0 Å². The first-order chi connectivity index (χ1) is 10.5. The van der Waals surface area contributed by atoms with Crippen LogP contribution < -0.4 is 4.84 Å². The van der Waals surface area contributed by atoms with Crippen molar-refractivity contribution >= 4 is 11.9 Å². The minimum Gasteiger partial charge on any atom is -0.492 e. The summed E-state index contributed by atoms with van der Waals surface area (Å²) in [4.78, 5) is 27.1. The molecule has 22 heavy (non-hydrogen) atoms. The number of allylic oxidation sites excluding steroid dienone is 2. The molecule has 3 N–H and O–H groups in total. The zero-order valence-electron chi connectivity index (χ0n) is 11.9. The summed E-state index contributed by atoms with van der Waals surface area (Å²) in [6.45, 7) is 0. The fourth-order valence-corrected chi connectivity index (χ4v) is 3.20. The van der Waals surface area contributed by atoms with Gasteiger partial charge in [0.1, 0.15) is 0 Å². The Morgan fingerprint density at radius 2 is 1.64 bits per heavy atom. The summed E-state index contributed by atoms with van der Waals surface area (Å²) in [5, 5.41) is 28.8. The van der Waals surface area contributed by atoms with E-state index in [2.05, 4.69) is 0 Å². The Morgan fingerprint density at radius 3 is 2.18 bits per heavy atom. The average molecular weight is 307 g/mol. The van der Waals surface area contributed by atoms with E-state index in [1.54, 1.807) is 0 Å². The normalized spacial score (nSPS) is 21.1. The summed E-state index contributed by atoms with van der Waals surface area (Å²) in [5.74, 6) is -1.88. The monoisotopic (exact) mass is 307 g/mol. The Labute approximate surface area is 126 Å². The number of carboxylic acid groups (broad SMARTS) is 1. The molecule has 0 amide bonds. The van der Waals surface area contributed by atoms with E-state index in [9.17, 15) is 19.8 Å². The Hall–Kier alpha value is -2.44. The number of aliphatic carboxylic acids is 1. The lowest BCUT2D eigenvalue weighted by molar-refractivity contribution is -0.146. The molecule has 2 unspecified atom stereocenters. The van der Waals surface area contributed by atoms with Crippen molar-refractivity contribution in [1.82, 2.24) is 4.73 Å². The first-order valence-corrected chi connectivity index (χ1v) is 7.26. The van der Waals surface area contributed by atoms with Gasteiger partial charge < -0.3 is 20.2 Å². The van der Waals surface area contributed by atoms with Crippen LogP contribution in [-0.4, -0.2) is 32.0 Å². The second-order valence-corrected chi connectivity index (χ2v) is 5.67. The van der Waals surface area contributed by atoms with E-state index < -0.39 is 11.9 Å². The van der Waals surface area contributed by atoms with Gasteiger partial charge in [0.15, 0.2) is 0 Å². The van der Waals surface area contributed by atoms with E-state index >= 15 is 0 Å². The highest BCUT2D eigenvalue weighted by Crippen LogP contribution is 2.56. The predicted octanol–water partition coefficient (Wildman–Crippen LogP) is 1.64. The second kappa shape index (κ2) is 5.40. The molecule has 0 spiro atoms. The van der Waals surface area contributed by atoms with Crippen molar-refractivity contribution < 1.29 is 29.7 Å². The predicted molar refractivity (Wildman–Crippen MR) is 74.7 cm³/mol. The molecule has 0 saturated carbocycles. The van der Waals surface area contributed by atoms with Gasteiger partial charge >= 0.3 is 11.9 Å². The zero-order chi connectivity index (χ0) is 15.9. The minimum atomic E-state index is -0.909. The average Bonchev–Trinajstić information content (AvgIpc) is 3.13. The maximum Gasteiger partial charge on any atom is 0.333 e. The van der Waals surface area contributed by atoms with Crippen LogP contribution in [0.2, 0.25) is 0 Å². The van der Waals surface area contributed by atoms with Gasteiger partial charge in [-0.05, 0) is 19.3 Å². The maximum absolute atomic E-state index is 11.7. The molecule has 0 fully saturated rings. The summed E-state index contributed by atoms with van der Waals surface area (Å²) < 4.78 is 0.774. The van der Waals surface area contributed by atoms with Gasteiger partial charge in [0.25, 0.3) is 0 Å². The van der Waals surface area contributed by atoms with E-state index in [1.807, 2.05) is 12.2 Å². The zero-order valence-corrected chi connectivity index (χ0v) is 11.9. The molecule has 7 heteroatoms. The summed E-state index contributed by atoms with van der Waals surface area (Å²) >= 11 is 0. The van der Waals surface area contributed by atoms with Gasteiger partial charge in [-0.3, -0.25) is 4.79 Å². The largest absolute Gasteiger partial charge is 0.492 e. The number of carbonyl (C=O) groups is 2. The highest BCUT2D eigenvalue weighted by atomic mass is 16.7. The standard InChI is InChI=1S/C15H17NO6/c17-10(18)3-1-2-4-11(19)22-16-14(20)12-8-5-6-9(7-8)13(12)15(16)21/h5-6,8-9,20-21H,1-4,7H2,(H,17,18). The number of nitrogens with zero attached hydrogens (tertiary/aromatic N) is 1. The molecule has 2 aliphatic rings. The highest BCUT2D eigenvalue weighted by Gasteiger charge is 2.42. The lowest BCUT2D eigenvalue weighted by Gasteiger charge is -2.09. The van der Waals surface area contributed by atoms with Crippen LogP contribution in [0.3, 0.4) is 0 Å². The van der Waals surface area contributed by atoms with Gasteiger partial charge in [-0.25, -0.2) is 4.79 Å². The van der Waals surface area contributed by atoms with Crippen LogP contribution in [0.15, 0.2) is 12.2 Å². The molecule has 0 aromatic carbocycles. The van der Waals surface area contributed by atoms with Crippen molar-refractivity contribution in [3.05, 3.63) is 23.3 Å². The van der Waals surface area contributed by atoms with Crippen LogP contribution in [0.4, 0.5) is 0 Å². The van der Waals surface area contributed by atoms with E-state index in [0.29, 0.717) is 24.0 Å². The first kappa shape index (κ1) is 14.5. The molecule has 2 atom stereocenters. The molecule has 1 aromatic rings. The third-order valence-electron chi connectivity index (χ3n) is 4.20. The Balaban J connectivity index is 1.65. The molecule has 0 saturated heterocycles. The molecule has 2 bridgehead atoms. The number of aromatic nitrogens is 1. The molecular formula is C15H17NO6. The fraction of sp³-hybridized carbons (Fsp3) is 0.467. The highest BCUT2D eigenvalue weighted by molar-refractivity contribution is 5.71. The second-order valence-electron chi connectivity index (χ2n) is 5.67. The summed E-state index contributed by atoms with van der Waals surface area (Å²) in [6, 6.07) is 0. The van der Waals surface area contributed by atoms with E-state index in [4.69, 9.17) is 9.94 Å². The maximum atomic E-state index is 11.7. The Bertz CT molecular complexity index is 624. The Morgan fingerprint density at radius 1 is 1.09 bits per heavy atom. The summed E-state index contributed by atoms with van der Waals surface area (Å²) in [7, 11) is 0.